The maximum absolute atomic E-state index is 12.0. The summed E-state index contributed by atoms with van der Waals surface area (Å²) in [6.07, 6.45) is 5.55. The van der Waals surface area contributed by atoms with Crippen molar-refractivity contribution in [3.8, 4) is 0 Å². The molecule has 0 spiro atoms. The lowest BCUT2D eigenvalue weighted by molar-refractivity contribution is -0.140. The van der Waals surface area contributed by atoms with Gasteiger partial charge in [0, 0.05) is 13.6 Å². The van der Waals surface area contributed by atoms with E-state index in [9.17, 15) is 9.90 Å². The van der Waals surface area contributed by atoms with Crippen LogP contribution in [0.2, 0.25) is 0 Å². The average molecular weight is 197 g/mol. The number of amides is 1. The first-order chi connectivity index (χ1) is 6.70. The summed E-state index contributed by atoms with van der Waals surface area (Å²) in [5, 5.41) is 9.52. The summed E-state index contributed by atoms with van der Waals surface area (Å²) >= 11 is 0. The molecule has 0 aromatic heterocycles. The van der Waals surface area contributed by atoms with Crippen LogP contribution in [0.5, 0.6) is 0 Å². The van der Waals surface area contributed by atoms with E-state index in [4.69, 9.17) is 0 Å². The number of hydrogen-bond donors (Lipinski definition) is 1. The molecule has 1 atom stereocenters. The molecule has 14 heavy (non-hydrogen) atoms. The zero-order chi connectivity index (χ0) is 10.2. The van der Waals surface area contributed by atoms with Crippen LogP contribution in [0.15, 0.2) is 0 Å². The van der Waals surface area contributed by atoms with Gasteiger partial charge in [0.2, 0.25) is 5.91 Å². The van der Waals surface area contributed by atoms with Gasteiger partial charge in [-0.25, -0.2) is 0 Å². The fraction of sp³-hybridized carbons (Fsp3) is 0.909. The molecule has 2 aliphatic rings. The summed E-state index contributed by atoms with van der Waals surface area (Å²) in [4.78, 5) is 13.8. The lowest BCUT2D eigenvalue weighted by atomic mass is 9.73. The molecule has 1 unspecified atom stereocenters. The minimum atomic E-state index is -0.411. The molecule has 0 radical (unpaired) electrons. The zero-order valence-electron chi connectivity index (χ0n) is 8.83. The molecule has 1 aliphatic carbocycles. The molecule has 3 heteroatoms. The highest BCUT2D eigenvalue weighted by Crippen LogP contribution is 2.46. The Balaban J connectivity index is 2.20. The fourth-order valence-corrected chi connectivity index (χ4v) is 3.09. The molecule has 0 aromatic carbocycles. The third-order valence-electron chi connectivity index (χ3n) is 4.08. The van der Waals surface area contributed by atoms with Gasteiger partial charge in [-0.05, 0) is 25.2 Å². The summed E-state index contributed by atoms with van der Waals surface area (Å²) in [7, 11) is 1.84. The highest BCUT2D eigenvalue weighted by molar-refractivity contribution is 5.85. The largest absolute Gasteiger partial charge is 0.395 e. The number of carbonyl (C=O) groups excluding carboxylic acids is 1. The Bertz CT molecular complexity index is 235. The van der Waals surface area contributed by atoms with Crippen molar-refractivity contribution in [2.24, 2.45) is 11.3 Å². The van der Waals surface area contributed by atoms with Crippen LogP contribution >= 0.6 is 0 Å². The summed E-state index contributed by atoms with van der Waals surface area (Å²) in [5.41, 5.74) is -0.411. The normalized spacial score (nSPS) is 34.4. The van der Waals surface area contributed by atoms with Gasteiger partial charge in [0.05, 0.1) is 12.0 Å². The van der Waals surface area contributed by atoms with Gasteiger partial charge in [-0.1, -0.05) is 12.8 Å². The van der Waals surface area contributed by atoms with Gasteiger partial charge in [-0.2, -0.15) is 0 Å². The van der Waals surface area contributed by atoms with Gasteiger partial charge in [0.15, 0.2) is 0 Å². The molecule has 2 rings (SSSR count). The van der Waals surface area contributed by atoms with Gasteiger partial charge in [0.25, 0.3) is 0 Å². The number of aliphatic hydroxyl groups is 1. The molecule has 1 aliphatic heterocycles. The summed E-state index contributed by atoms with van der Waals surface area (Å²) < 4.78 is 0. The quantitative estimate of drug-likeness (QED) is 0.718. The molecule has 3 nitrogen and oxygen atoms in total. The van der Waals surface area contributed by atoms with Crippen molar-refractivity contribution in [2.75, 3.05) is 20.2 Å². The SMILES string of the molecule is CN1CCC(CO)(C2CCCC2)C1=O. The minimum absolute atomic E-state index is 0.0425. The highest BCUT2D eigenvalue weighted by Gasteiger charge is 2.50. The second kappa shape index (κ2) is 3.54. The second-order valence-electron chi connectivity index (χ2n) is 4.77. The van der Waals surface area contributed by atoms with Crippen molar-refractivity contribution in [3.05, 3.63) is 0 Å². The highest BCUT2D eigenvalue weighted by atomic mass is 16.3. The number of nitrogens with zero attached hydrogens (tertiary/aromatic N) is 1. The van der Waals surface area contributed by atoms with E-state index in [-0.39, 0.29) is 12.5 Å². The minimum Gasteiger partial charge on any atom is -0.395 e. The molecule has 0 aromatic rings. The number of aliphatic hydroxyl groups excluding tert-OH is 1. The van der Waals surface area contributed by atoms with Crippen LogP contribution < -0.4 is 0 Å². The first-order valence-electron chi connectivity index (χ1n) is 5.57. The van der Waals surface area contributed by atoms with Crippen LogP contribution in [0.25, 0.3) is 0 Å². The average Bonchev–Trinajstić information content (AvgIpc) is 2.79. The molecule has 2 fully saturated rings. The molecule has 80 valence electrons. The van der Waals surface area contributed by atoms with Crippen molar-refractivity contribution < 1.29 is 9.90 Å². The van der Waals surface area contributed by atoms with Crippen molar-refractivity contribution in [1.82, 2.24) is 4.90 Å². The lowest BCUT2D eigenvalue weighted by Crippen LogP contribution is -2.40. The Morgan fingerprint density at radius 2 is 2.14 bits per heavy atom. The maximum Gasteiger partial charge on any atom is 0.231 e. The summed E-state index contributed by atoms with van der Waals surface area (Å²) in [6.45, 7) is 0.858. The third-order valence-corrected chi connectivity index (χ3v) is 4.08. The molecule has 1 N–H and O–H groups in total. The fourth-order valence-electron chi connectivity index (χ4n) is 3.09. The molecule has 0 bridgehead atoms. The smallest absolute Gasteiger partial charge is 0.231 e. The number of hydrogen-bond acceptors (Lipinski definition) is 2. The van der Waals surface area contributed by atoms with Crippen molar-refractivity contribution >= 4 is 5.91 Å². The van der Waals surface area contributed by atoms with Gasteiger partial charge in [-0.3, -0.25) is 4.79 Å². The van der Waals surface area contributed by atoms with E-state index < -0.39 is 5.41 Å². The zero-order valence-corrected chi connectivity index (χ0v) is 8.83. The van der Waals surface area contributed by atoms with E-state index in [1.165, 1.54) is 12.8 Å². The van der Waals surface area contributed by atoms with Crippen LogP contribution in [0.4, 0.5) is 0 Å². The predicted molar refractivity (Wildman–Crippen MR) is 53.7 cm³/mol. The Kier molecular flexibility index (Phi) is 2.52. The van der Waals surface area contributed by atoms with E-state index >= 15 is 0 Å². The molecular weight excluding hydrogens is 178 g/mol. The van der Waals surface area contributed by atoms with Crippen LogP contribution in [-0.2, 0) is 4.79 Å². The third kappa shape index (κ3) is 1.26. The molecule has 1 amide bonds. The van der Waals surface area contributed by atoms with Crippen molar-refractivity contribution in [3.63, 3.8) is 0 Å². The van der Waals surface area contributed by atoms with E-state index in [0.29, 0.717) is 5.92 Å². The van der Waals surface area contributed by atoms with Crippen LogP contribution in [0, 0.1) is 11.3 Å². The summed E-state index contributed by atoms with van der Waals surface area (Å²) in [5.74, 6) is 0.608. The Morgan fingerprint density at radius 1 is 1.50 bits per heavy atom. The molecular formula is C11H19NO2. The Morgan fingerprint density at radius 3 is 2.57 bits per heavy atom. The molecule has 1 saturated carbocycles. The van der Waals surface area contributed by atoms with Crippen LogP contribution in [0.1, 0.15) is 32.1 Å². The van der Waals surface area contributed by atoms with Gasteiger partial charge in [0.1, 0.15) is 0 Å². The monoisotopic (exact) mass is 197 g/mol. The number of carbonyl (C=O) groups is 1. The Labute approximate surface area is 85.1 Å². The van der Waals surface area contributed by atoms with E-state index in [2.05, 4.69) is 0 Å². The standard InChI is InChI=1S/C11H19NO2/c1-12-7-6-11(8-13,10(12)14)9-4-2-3-5-9/h9,13H,2-8H2,1H3. The van der Waals surface area contributed by atoms with Crippen LogP contribution in [-0.4, -0.2) is 36.1 Å². The first-order valence-corrected chi connectivity index (χ1v) is 5.57. The van der Waals surface area contributed by atoms with Gasteiger partial charge < -0.3 is 10.0 Å². The number of rotatable bonds is 2. The first kappa shape index (κ1) is 9.97. The topological polar surface area (TPSA) is 40.5 Å². The Hall–Kier alpha value is -0.570. The second-order valence-corrected chi connectivity index (χ2v) is 4.77. The number of likely N-dealkylation sites (tertiary alicyclic amines) is 1. The summed E-state index contributed by atoms with van der Waals surface area (Å²) in [6, 6.07) is 0. The molecule has 1 heterocycles. The van der Waals surface area contributed by atoms with Gasteiger partial charge >= 0.3 is 0 Å². The van der Waals surface area contributed by atoms with E-state index in [0.717, 1.165) is 25.8 Å². The van der Waals surface area contributed by atoms with Crippen molar-refractivity contribution in [1.29, 1.82) is 0 Å². The van der Waals surface area contributed by atoms with Gasteiger partial charge in [-0.15, -0.1) is 0 Å². The van der Waals surface area contributed by atoms with Crippen molar-refractivity contribution in [2.45, 2.75) is 32.1 Å². The lowest BCUT2D eigenvalue weighted by Gasteiger charge is -2.31. The van der Waals surface area contributed by atoms with E-state index in [1.54, 1.807) is 4.90 Å². The van der Waals surface area contributed by atoms with E-state index in [1.807, 2.05) is 7.05 Å². The predicted octanol–water partition coefficient (Wildman–Crippen LogP) is 1.02. The maximum atomic E-state index is 12.0. The molecule has 1 saturated heterocycles. The van der Waals surface area contributed by atoms with Crippen LogP contribution in [0.3, 0.4) is 0 Å².